The number of nitrogens with zero attached hydrogens (tertiary/aromatic N) is 3. The van der Waals surface area contributed by atoms with E-state index in [0.717, 1.165) is 42.5 Å². The fraction of sp³-hybridized carbons (Fsp3) is 0.318. The fourth-order valence-corrected chi connectivity index (χ4v) is 3.64. The average molecular weight is 360 g/mol. The quantitative estimate of drug-likeness (QED) is 0.683. The van der Waals surface area contributed by atoms with Gasteiger partial charge in [0.2, 0.25) is 0 Å². The maximum absolute atomic E-state index is 12.7. The third kappa shape index (κ3) is 3.92. The zero-order chi connectivity index (χ0) is 18.5. The minimum Gasteiger partial charge on any atom is -0.355 e. The maximum atomic E-state index is 12.7. The zero-order valence-electron chi connectivity index (χ0n) is 15.4. The van der Waals surface area contributed by atoms with Crippen LogP contribution in [0.4, 0.5) is 5.82 Å². The smallest absolute Gasteiger partial charge is 0.272 e. The molecule has 1 N–H and O–H groups in total. The van der Waals surface area contributed by atoms with Gasteiger partial charge in [0.25, 0.3) is 5.91 Å². The number of carbonyl (C=O) groups excluding carboxylic acids is 1. The van der Waals surface area contributed by atoms with E-state index in [2.05, 4.69) is 32.5 Å². The number of hydrogen-bond donors (Lipinski definition) is 1. The predicted molar refractivity (Wildman–Crippen MR) is 108 cm³/mol. The van der Waals surface area contributed by atoms with Crippen molar-refractivity contribution in [1.29, 1.82) is 0 Å². The Morgan fingerprint density at radius 3 is 2.41 bits per heavy atom. The number of benzene rings is 2. The number of aromatic nitrogens is 2. The van der Waals surface area contributed by atoms with E-state index in [4.69, 9.17) is 0 Å². The van der Waals surface area contributed by atoms with Gasteiger partial charge in [-0.3, -0.25) is 4.79 Å². The molecule has 5 nitrogen and oxygen atoms in total. The Morgan fingerprint density at radius 1 is 0.926 bits per heavy atom. The Morgan fingerprint density at radius 2 is 1.63 bits per heavy atom. The summed E-state index contributed by atoms with van der Waals surface area (Å²) in [5, 5.41) is 13.6. The largest absolute Gasteiger partial charge is 0.355 e. The number of anilines is 1. The van der Waals surface area contributed by atoms with Crippen LogP contribution in [0, 0.1) is 0 Å². The second kappa shape index (κ2) is 8.16. The molecule has 2 heterocycles. The highest BCUT2D eigenvalue weighted by Gasteiger charge is 2.20. The first-order valence-electron chi connectivity index (χ1n) is 9.65. The molecule has 4 rings (SSSR count). The van der Waals surface area contributed by atoms with Gasteiger partial charge < -0.3 is 10.2 Å². The SMILES string of the molecule is O=C(NCCCc1ccccc1)c1nnc(N2CCCC2)c2ccccc12. The van der Waals surface area contributed by atoms with Gasteiger partial charge >= 0.3 is 0 Å². The highest BCUT2D eigenvalue weighted by atomic mass is 16.1. The molecule has 3 aromatic rings. The Kier molecular flexibility index (Phi) is 5.28. The number of aryl methyl sites for hydroxylation is 1. The second-order valence-electron chi connectivity index (χ2n) is 6.96. The number of rotatable bonds is 6. The zero-order valence-corrected chi connectivity index (χ0v) is 15.4. The lowest BCUT2D eigenvalue weighted by Crippen LogP contribution is -2.27. The first-order valence-corrected chi connectivity index (χ1v) is 9.65. The summed E-state index contributed by atoms with van der Waals surface area (Å²) in [6.07, 6.45) is 4.20. The monoisotopic (exact) mass is 360 g/mol. The van der Waals surface area contributed by atoms with Gasteiger partial charge in [0.05, 0.1) is 0 Å². The van der Waals surface area contributed by atoms with E-state index in [0.29, 0.717) is 12.2 Å². The van der Waals surface area contributed by atoms with Gasteiger partial charge in [0, 0.05) is 30.4 Å². The molecule has 1 aromatic heterocycles. The van der Waals surface area contributed by atoms with Crippen LogP contribution in [0.3, 0.4) is 0 Å². The van der Waals surface area contributed by atoms with Crippen molar-refractivity contribution in [3.8, 4) is 0 Å². The van der Waals surface area contributed by atoms with Crippen LogP contribution >= 0.6 is 0 Å². The van der Waals surface area contributed by atoms with E-state index < -0.39 is 0 Å². The first-order chi connectivity index (χ1) is 13.3. The van der Waals surface area contributed by atoms with E-state index in [9.17, 15) is 4.79 Å². The second-order valence-corrected chi connectivity index (χ2v) is 6.96. The lowest BCUT2D eigenvalue weighted by atomic mass is 10.1. The number of hydrogen-bond acceptors (Lipinski definition) is 4. The van der Waals surface area contributed by atoms with Gasteiger partial charge in [-0.15, -0.1) is 10.2 Å². The summed E-state index contributed by atoms with van der Waals surface area (Å²) in [6, 6.07) is 18.2. The molecule has 1 aliphatic heterocycles. The van der Waals surface area contributed by atoms with Crippen molar-refractivity contribution < 1.29 is 4.79 Å². The van der Waals surface area contributed by atoms with Gasteiger partial charge in [-0.2, -0.15) is 0 Å². The molecule has 0 unspecified atom stereocenters. The molecular weight excluding hydrogens is 336 g/mol. The lowest BCUT2D eigenvalue weighted by Gasteiger charge is -2.18. The molecule has 0 radical (unpaired) electrons. The molecule has 0 bridgehead atoms. The third-order valence-corrected chi connectivity index (χ3v) is 5.06. The van der Waals surface area contributed by atoms with E-state index in [-0.39, 0.29) is 5.91 Å². The summed E-state index contributed by atoms with van der Waals surface area (Å²) < 4.78 is 0. The summed E-state index contributed by atoms with van der Waals surface area (Å²) in [4.78, 5) is 14.9. The van der Waals surface area contributed by atoms with E-state index in [1.807, 2.05) is 42.5 Å². The average Bonchev–Trinajstić information content (AvgIpc) is 3.25. The Bertz CT molecular complexity index is 920. The van der Waals surface area contributed by atoms with Gasteiger partial charge in [-0.05, 0) is 31.2 Å². The normalized spacial score (nSPS) is 13.9. The van der Waals surface area contributed by atoms with Crippen molar-refractivity contribution in [3.05, 3.63) is 65.9 Å². The number of amides is 1. The molecule has 1 fully saturated rings. The molecule has 138 valence electrons. The molecule has 2 aromatic carbocycles. The topological polar surface area (TPSA) is 58.1 Å². The maximum Gasteiger partial charge on any atom is 0.272 e. The van der Waals surface area contributed by atoms with Crippen LogP contribution < -0.4 is 10.2 Å². The minimum atomic E-state index is -0.153. The molecule has 0 spiro atoms. The molecule has 5 heteroatoms. The number of fused-ring (bicyclic) bond motifs is 1. The van der Waals surface area contributed by atoms with Crippen LogP contribution in [0.2, 0.25) is 0 Å². The highest BCUT2D eigenvalue weighted by molar-refractivity contribution is 6.07. The van der Waals surface area contributed by atoms with Crippen LogP contribution in [0.5, 0.6) is 0 Å². The standard InChI is InChI=1S/C22H24N4O/c27-22(23-14-8-11-17-9-2-1-3-10-17)20-18-12-4-5-13-19(18)21(25-24-20)26-15-6-7-16-26/h1-5,9-10,12-13H,6-8,11,14-16H2,(H,23,27). The predicted octanol–water partition coefficient (Wildman–Crippen LogP) is 3.59. The summed E-state index contributed by atoms with van der Waals surface area (Å²) >= 11 is 0. The van der Waals surface area contributed by atoms with E-state index >= 15 is 0 Å². The number of carbonyl (C=O) groups is 1. The van der Waals surface area contributed by atoms with Crippen LogP contribution in [0.25, 0.3) is 10.8 Å². The molecule has 1 aliphatic rings. The molecule has 0 saturated carbocycles. The third-order valence-electron chi connectivity index (χ3n) is 5.06. The summed E-state index contributed by atoms with van der Waals surface area (Å²) in [6.45, 7) is 2.63. The van der Waals surface area contributed by atoms with E-state index in [1.165, 1.54) is 18.4 Å². The van der Waals surface area contributed by atoms with Crippen LogP contribution in [-0.2, 0) is 6.42 Å². The van der Waals surface area contributed by atoms with Crippen molar-refractivity contribution >= 4 is 22.5 Å². The molecule has 0 atom stereocenters. The van der Waals surface area contributed by atoms with Crippen molar-refractivity contribution in [2.75, 3.05) is 24.5 Å². The van der Waals surface area contributed by atoms with Gasteiger partial charge in [0.1, 0.15) is 0 Å². The molecule has 1 amide bonds. The Balaban J connectivity index is 1.46. The van der Waals surface area contributed by atoms with Crippen molar-refractivity contribution in [3.63, 3.8) is 0 Å². The summed E-state index contributed by atoms with van der Waals surface area (Å²) in [5.41, 5.74) is 1.69. The van der Waals surface area contributed by atoms with Gasteiger partial charge in [0.15, 0.2) is 11.5 Å². The van der Waals surface area contributed by atoms with Gasteiger partial charge in [-0.25, -0.2) is 0 Å². The molecule has 1 saturated heterocycles. The van der Waals surface area contributed by atoms with Crippen LogP contribution in [0.15, 0.2) is 54.6 Å². The van der Waals surface area contributed by atoms with Gasteiger partial charge in [-0.1, -0.05) is 54.6 Å². The Hall–Kier alpha value is -2.95. The van der Waals surface area contributed by atoms with Crippen molar-refractivity contribution in [2.24, 2.45) is 0 Å². The number of nitrogens with one attached hydrogen (secondary N) is 1. The Labute approximate surface area is 159 Å². The summed E-state index contributed by atoms with van der Waals surface area (Å²) in [7, 11) is 0. The van der Waals surface area contributed by atoms with Crippen LogP contribution in [0.1, 0.15) is 35.3 Å². The van der Waals surface area contributed by atoms with Crippen LogP contribution in [-0.4, -0.2) is 35.7 Å². The van der Waals surface area contributed by atoms with Crippen molar-refractivity contribution in [2.45, 2.75) is 25.7 Å². The fourth-order valence-electron chi connectivity index (χ4n) is 3.64. The minimum absolute atomic E-state index is 0.153. The van der Waals surface area contributed by atoms with Crippen molar-refractivity contribution in [1.82, 2.24) is 15.5 Å². The van der Waals surface area contributed by atoms with E-state index in [1.54, 1.807) is 0 Å². The molecule has 27 heavy (non-hydrogen) atoms. The lowest BCUT2D eigenvalue weighted by molar-refractivity contribution is 0.0949. The highest BCUT2D eigenvalue weighted by Crippen LogP contribution is 2.28. The summed E-state index contributed by atoms with van der Waals surface area (Å²) in [5.74, 6) is 0.739. The molecule has 0 aliphatic carbocycles. The first kappa shape index (κ1) is 17.5. The molecular formula is C22H24N4O.